The fourth-order valence-corrected chi connectivity index (χ4v) is 1.67. The van der Waals surface area contributed by atoms with Crippen molar-refractivity contribution in [3.05, 3.63) is 23.9 Å². The molecule has 4 nitrogen and oxygen atoms in total. The molecule has 0 saturated heterocycles. The normalized spacial score (nSPS) is 13.5. The molecule has 0 aliphatic heterocycles. The fourth-order valence-electron chi connectivity index (χ4n) is 1.67. The van der Waals surface area contributed by atoms with Crippen LogP contribution in [0.4, 0.5) is 19.0 Å². The fraction of sp³-hybridized carbons (Fsp3) is 0.583. The molecular formula is C12H18F3N3O. The number of ether oxygens (including phenoxy) is 1. The van der Waals surface area contributed by atoms with Gasteiger partial charge in [0.25, 0.3) is 0 Å². The van der Waals surface area contributed by atoms with Gasteiger partial charge in [0.15, 0.2) is 0 Å². The lowest BCUT2D eigenvalue weighted by Crippen LogP contribution is -2.30. The van der Waals surface area contributed by atoms with Gasteiger partial charge in [-0.2, -0.15) is 13.2 Å². The van der Waals surface area contributed by atoms with Crippen LogP contribution in [-0.2, 0) is 11.2 Å². The molecule has 0 aromatic carbocycles. The van der Waals surface area contributed by atoms with E-state index in [0.717, 1.165) is 5.56 Å². The maximum absolute atomic E-state index is 11.9. The minimum absolute atomic E-state index is 0.0371. The Hall–Kier alpha value is -1.34. The first-order valence-electron chi connectivity index (χ1n) is 5.93. The topological polar surface area (TPSA) is 60.2 Å². The number of hydrogen-bond acceptors (Lipinski definition) is 4. The largest absolute Gasteiger partial charge is 0.411 e. The van der Waals surface area contributed by atoms with Gasteiger partial charge in [-0.05, 0) is 37.6 Å². The number of rotatable bonds is 7. The zero-order chi connectivity index (χ0) is 14.3. The monoisotopic (exact) mass is 277 g/mol. The third kappa shape index (κ3) is 6.97. The number of nitrogens with zero attached hydrogens (tertiary/aromatic N) is 1. The van der Waals surface area contributed by atoms with Crippen LogP contribution in [-0.4, -0.2) is 37.5 Å². The summed E-state index contributed by atoms with van der Waals surface area (Å²) in [5, 5.41) is 3.05. The van der Waals surface area contributed by atoms with Gasteiger partial charge in [-0.3, -0.25) is 0 Å². The molecule has 3 N–H and O–H groups in total. The summed E-state index contributed by atoms with van der Waals surface area (Å²) in [6.07, 6.45) is -1.50. The van der Waals surface area contributed by atoms with Gasteiger partial charge in [0.1, 0.15) is 12.4 Å². The predicted octanol–water partition coefficient (Wildman–Crippen LogP) is 1.76. The van der Waals surface area contributed by atoms with Crippen molar-refractivity contribution in [3.8, 4) is 0 Å². The molecule has 0 aliphatic rings. The minimum atomic E-state index is -4.27. The van der Waals surface area contributed by atoms with Gasteiger partial charge < -0.3 is 15.8 Å². The van der Waals surface area contributed by atoms with Crippen LogP contribution in [0.1, 0.15) is 12.0 Å². The number of aromatic nitrogens is 1. The van der Waals surface area contributed by atoms with E-state index in [9.17, 15) is 13.2 Å². The third-order valence-electron chi connectivity index (χ3n) is 2.61. The Labute approximate surface area is 110 Å². The van der Waals surface area contributed by atoms with Crippen molar-refractivity contribution in [3.63, 3.8) is 0 Å². The number of pyridine rings is 1. The van der Waals surface area contributed by atoms with Crippen LogP contribution in [0.25, 0.3) is 0 Å². The highest BCUT2D eigenvalue weighted by Gasteiger charge is 2.27. The van der Waals surface area contributed by atoms with Gasteiger partial charge in [0, 0.05) is 18.8 Å². The zero-order valence-corrected chi connectivity index (χ0v) is 10.7. The molecule has 108 valence electrons. The molecule has 0 aliphatic carbocycles. The van der Waals surface area contributed by atoms with Crippen molar-refractivity contribution in [2.45, 2.75) is 25.1 Å². The number of nitrogen functional groups attached to an aromatic ring is 1. The van der Waals surface area contributed by atoms with E-state index in [1.165, 1.54) is 0 Å². The number of hydrogen-bond donors (Lipinski definition) is 2. The first kappa shape index (κ1) is 15.7. The maximum Gasteiger partial charge on any atom is 0.411 e. The van der Waals surface area contributed by atoms with E-state index < -0.39 is 12.8 Å². The Morgan fingerprint density at radius 3 is 2.79 bits per heavy atom. The quantitative estimate of drug-likeness (QED) is 0.746. The van der Waals surface area contributed by atoms with E-state index in [1.807, 2.05) is 6.07 Å². The van der Waals surface area contributed by atoms with Crippen molar-refractivity contribution in [2.75, 3.05) is 26.0 Å². The first-order chi connectivity index (χ1) is 8.90. The Morgan fingerprint density at radius 2 is 2.21 bits per heavy atom. The average Bonchev–Trinajstić information content (AvgIpc) is 2.32. The van der Waals surface area contributed by atoms with E-state index in [2.05, 4.69) is 15.0 Å². The minimum Gasteiger partial charge on any atom is -0.384 e. The summed E-state index contributed by atoms with van der Waals surface area (Å²) >= 11 is 0. The van der Waals surface area contributed by atoms with Crippen LogP contribution in [0.15, 0.2) is 18.3 Å². The van der Waals surface area contributed by atoms with Crippen molar-refractivity contribution < 1.29 is 17.9 Å². The van der Waals surface area contributed by atoms with E-state index in [-0.39, 0.29) is 12.6 Å². The van der Waals surface area contributed by atoms with Crippen molar-refractivity contribution in [1.29, 1.82) is 0 Å². The Balaban J connectivity index is 2.34. The van der Waals surface area contributed by atoms with Gasteiger partial charge in [0.05, 0.1) is 0 Å². The molecule has 1 rings (SSSR count). The average molecular weight is 277 g/mol. The Bertz CT molecular complexity index is 385. The molecule has 0 amide bonds. The molecule has 0 spiro atoms. The van der Waals surface area contributed by atoms with Gasteiger partial charge >= 0.3 is 6.18 Å². The van der Waals surface area contributed by atoms with E-state index in [1.54, 1.807) is 19.3 Å². The van der Waals surface area contributed by atoms with Crippen LogP contribution in [0.2, 0.25) is 0 Å². The van der Waals surface area contributed by atoms with Crippen molar-refractivity contribution in [1.82, 2.24) is 10.3 Å². The molecule has 7 heteroatoms. The highest BCUT2D eigenvalue weighted by Crippen LogP contribution is 2.15. The highest BCUT2D eigenvalue weighted by molar-refractivity contribution is 5.32. The molecule has 1 aromatic heterocycles. The molecule has 19 heavy (non-hydrogen) atoms. The summed E-state index contributed by atoms with van der Waals surface area (Å²) in [7, 11) is 1.76. The molecule has 0 saturated carbocycles. The van der Waals surface area contributed by atoms with Crippen LogP contribution in [0, 0.1) is 0 Å². The van der Waals surface area contributed by atoms with Gasteiger partial charge in [-0.15, -0.1) is 0 Å². The molecular weight excluding hydrogens is 259 g/mol. The maximum atomic E-state index is 11.9. The SMILES string of the molecule is CNC(CCOCC(F)(F)F)Cc1ccnc(N)c1. The van der Waals surface area contributed by atoms with Crippen LogP contribution in [0.5, 0.6) is 0 Å². The number of anilines is 1. The summed E-state index contributed by atoms with van der Waals surface area (Å²) in [5.41, 5.74) is 6.55. The number of alkyl halides is 3. The molecule has 0 fully saturated rings. The standard InChI is InChI=1S/C12H18F3N3O/c1-17-10(3-5-19-8-12(13,14)15)6-9-2-4-18-11(16)7-9/h2,4,7,10,17H,3,5-6,8H2,1H3,(H2,16,18). The second-order valence-electron chi connectivity index (χ2n) is 4.24. The Kier molecular flexibility index (Phi) is 6.04. The molecule has 0 radical (unpaired) electrons. The smallest absolute Gasteiger partial charge is 0.384 e. The van der Waals surface area contributed by atoms with Gasteiger partial charge in [-0.1, -0.05) is 0 Å². The molecule has 1 heterocycles. The summed E-state index contributed by atoms with van der Waals surface area (Å²) in [5.74, 6) is 0.431. The van der Waals surface area contributed by atoms with E-state index in [0.29, 0.717) is 18.7 Å². The molecule has 0 bridgehead atoms. The van der Waals surface area contributed by atoms with Crippen molar-refractivity contribution in [2.24, 2.45) is 0 Å². The molecule has 1 aromatic rings. The predicted molar refractivity (Wildman–Crippen MR) is 66.7 cm³/mol. The second-order valence-corrected chi connectivity index (χ2v) is 4.24. The van der Waals surface area contributed by atoms with Crippen LogP contribution < -0.4 is 11.1 Å². The Morgan fingerprint density at radius 1 is 1.47 bits per heavy atom. The lowest BCUT2D eigenvalue weighted by atomic mass is 10.0. The number of nitrogens with one attached hydrogen (secondary N) is 1. The van der Waals surface area contributed by atoms with Crippen LogP contribution >= 0.6 is 0 Å². The van der Waals surface area contributed by atoms with E-state index >= 15 is 0 Å². The molecule has 1 atom stereocenters. The first-order valence-corrected chi connectivity index (χ1v) is 5.93. The summed E-state index contributed by atoms with van der Waals surface area (Å²) in [4.78, 5) is 3.88. The summed E-state index contributed by atoms with van der Waals surface area (Å²) < 4.78 is 40.3. The number of likely N-dealkylation sites (N-methyl/N-ethyl adjacent to an activating group) is 1. The van der Waals surface area contributed by atoms with Gasteiger partial charge in [0.2, 0.25) is 0 Å². The summed E-state index contributed by atoms with van der Waals surface area (Å²) in [6.45, 7) is -1.14. The van der Waals surface area contributed by atoms with Crippen molar-refractivity contribution >= 4 is 5.82 Å². The lowest BCUT2D eigenvalue weighted by molar-refractivity contribution is -0.174. The zero-order valence-electron chi connectivity index (χ0n) is 10.7. The second kappa shape index (κ2) is 7.30. The highest BCUT2D eigenvalue weighted by atomic mass is 19.4. The number of halogens is 3. The number of nitrogens with two attached hydrogens (primary N) is 1. The summed E-state index contributed by atoms with van der Waals surface area (Å²) in [6, 6.07) is 3.62. The van der Waals surface area contributed by atoms with Gasteiger partial charge in [-0.25, -0.2) is 4.98 Å². The third-order valence-corrected chi connectivity index (χ3v) is 2.61. The molecule has 1 unspecified atom stereocenters. The van der Waals surface area contributed by atoms with E-state index in [4.69, 9.17) is 5.73 Å². The lowest BCUT2D eigenvalue weighted by Gasteiger charge is -2.16. The van der Waals surface area contributed by atoms with Crippen LogP contribution in [0.3, 0.4) is 0 Å².